The Morgan fingerprint density at radius 3 is 2.79 bits per heavy atom. The van der Waals surface area contributed by atoms with Crippen molar-refractivity contribution in [3.05, 3.63) is 51.2 Å². The molecule has 2 rings (SSSR count). The summed E-state index contributed by atoms with van der Waals surface area (Å²) in [5.74, 6) is -0.146. The van der Waals surface area contributed by atoms with E-state index in [1.807, 2.05) is 36.7 Å². The number of rotatable bonds is 3. The molecule has 1 N–H and O–H groups in total. The van der Waals surface area contributed by atoms with Gasteiger partial charge in [0.15, 0.2) is 0 Å². The molecule has 0 saturated carbocycles. The molecule has 0 radical (unpaired) electrons. The van der Waals surface area contributed by atoms with E-state index in [2.05, 4.69) is 21.2 Å². The molecule has 1 amide bonds. The molecular formula is C14H14BrClN2O. The Morgan fingerprint density at radius 1 is 1.42 bits per heavy atom. The van der Waals surface area contributed by atoms with Crippen LogP contribution in [0, 0.1) is 6.92 Å². The lowest BCUT2D eigenvalue weighted by Gasteiger charge is -2.08. The Kier molecular flexibility index (Phi) is 4.32. The number of nitrogens with zero attached hydrogens (tertiary/aromatic N) is 1. The van der Waals surface area contributed by atoms with Crippen molar-refractivity contribution in [3.8, 4) is 0 Å². The zero-order valence-corrected chi connectivity index (χ0v) is 13.0. The summed E-state index contributed by atoms with van der Waals surface area (Å²) in [6, 6.07) is 7.28. The second-order valence-electron chi connectivity index (χ2n) is 4.25. The van der Waals surface area contributed by atoms with E-state index >= 15 is 0 Å². The molecular weight excluding hydrogens is 328 g/mol. The van der Waals surface area contributed by atoms with Gasteiger partial charge in [-0.3, -0.25) is 4.79 Å². The van der Waals surface area contributed by atoms with Gasteiger partial charge in [0.2, 0.25) is 0 Å². The van der Waals surface area contributed by atoms with E-state index < -0.39 is 0 Å². The molecule has 100 valence electrons. The highest BCUT2D eigenvalue weighted by Gasteiger charge is 2.12. The first-order valence-electron chi connectivity index (χ1n) is 5.94. The molecule has 0 bridgehead atoms. The van der Waals surface area contributed by atoms with Crippen molar-refractivity contribution in [1.29, 1.82) is 0 Å². The summed E-state index contributed by atoms with van der Waals surface area (Å²) in [4.78, 5) is 12.2. The van der Waals surface area contributed by atoms with Gasteiger partial charge in [0.25, 0.3) is 5.91 Å². The number of amides is 1. The largest absolute Gasteiger partial charge is 0.343 e. The second-order valence-corrected chi connectivity index (χ2v) is 5.57. The van der Waals surface area contributed by atoms with E-state index in [1.54, 1.807) is 12.1 Å². The zero-order valence-electron chi connectivity index (χ0n) is 10.7. The summed E-state index contributed by atoms with van der Waals surface area (Å²) < 4.78 is 2.77. The minimum Gasteiger partial charge on any atom is -0.343 e. The number of anilines is 1. The van der Waals surface area contributed by atoms with Gasteiger partial charge in [-0.15, -0.1) is 0 Å². The number of benzene rings is 1. The number of nitrogens with one attached hydrogen (secondary N) is 1. The highest BCUT2D eigenvalue weighted by Crippen LogP contribution is 2.21. The van der Waals surface area contributed by atoms with Crippen LogP contribution in [0.4, 0.5) is 5.69 Å². The summed E-state index contributed by atoms with van der Waals surface area (Å²) in [6.07, 6.45) is 1.89. The molecule has 5 heteroatoms. The average molecular weight is 342 g/mol. The minimum atomic E-state index is -0.146. The van der Waals surface area contributed by atoms with Crippen LogP contribution in [0.1, 0.15) is 23.0 Å². The maximum Gasteiger partial charge on any atom is 0.272 e. The van der Waals surface area contributed by atoms with Crippen molar-refractivity contribution in [1.82, 2.24) is 4.57 Å². The van der Waals surface area contributed by atoms with Crippen LogP contribution in [0.25, 0.3) is 0 Å². The third-order valence-corrected chi connectivity index (χ3v) is 3.71. The normalized spacial score (nSPS) is 10.5. The number of aromatic nitrogens is 1. The van der Waals surface area contributed by atoms with E-state index in [9.17, 15) is 4.79 Å². The van der Waals surface area contributed by atoms with Gasteiger partial charge in [0, 0.05) is 27.9 Å². The number of carbonyl (C=O) groups is 1. The van der Waals surface area contributed by atoms with Crippen LogP contribution < -0.4 is 5.32 Å². The van der Waals surface area contributed by atoms with E-state index in [1.165, 1.54) is 0 Å². The van der Waals surface area contributed by atoms with Crippen molar-refractivity contribution in [2.45, 2.75) is 20.4 Å². The van der Waals surface area contributed by atoms with E-state index in [-0.39, 0.29) is 5.91 Å². The van der Waals surface area contributed by atoms with Crippen molar-refractivity contribution < 1.29 is 4.79 Å². The molecule has 0 aliphatic heterocycles. The Balaban J connectivity index is 2.22. The van der Waals surface area contributed by atoms with Crippen LogP contribution in [-0.4, -0.2) is 10.5 Å². The van der Waals surface area contributed by atoms with Gasteiger partial charge in [-0.05, 0) is 53.5 Å². The first-order chi connectivity index (χ1) is 9.01. The number of halogens is 2. The van der Waals surface area contributed by atoms with Crippen LogP contribution in [0.15, 0.2) is 34.9 Å². The molecule has 19 heavy (non-hydrogen) atoms. The lowest BCUT2D eigenvalue weighted by atomic mass is 10.2. The van der Waals surface area contributed by atoms with Crippen molar-refractivity contribution in [2.75, 3.05) is 5.32 Å². The topological polar surface area (TPSA) is 34.0 Å². The zero-order chi connectivity index (χ0) is 14.0. The lowest BCUT2D eigenvalue weighted by Crippen LogP contribution is -2.16. The molecule has 0 saturated heterocycles. The summed E-state index contributed by atoms with van der Waals surface area (Å²) in [5.41, 5.74) is 2.30. The SMILES string of the molecule is CCn1cc(Br)cc1C(=O)Nc1ccc(C)c(Cl)c1. The van der Waals surface area contributed by atoms with Gasteiger partial charge in [0.1, 0.15) is 5.69 Å². The van der Waals surface area contributed by atoms with Crippen molar-refractivity contribution >= 4 is 39.1 Å². The Bertz CT molecular complexity index is 622. The van der Waals surface area contributed by atoms with Gasteiger partial charge in [0.05, 0.1) is 0 Å². The van der Waals surface area contributed by atoms with Crippen LogP contribution in [0.2, 0.25) is 5.02 Å². The fraction of sp³-hybridized carbons (Fsp3) is 0.214. The van der Waals surface area contributed by atoms with Gasteiger partial charge in [-0.25, -0.2) is 0 Å². The fourth-order valence-corrected chi connectivity index (χ4v) is 2.44. The van der Waals surface area contributed by atoms with E-state index in [0.29, 0.717) is 16.4 Å². The summed E-state index contributed by atoms with van der Waals surface area (Å²) >= 11 is 9.42. The van der Waals surface area contributed by atoms with Crippen LogP contribution >= 0.6 is 27.5 Å². The van der Waals surface area contributed by atoms with Crippen LogP contribution in [0.3, 0.4) is 0 Å². The molecule has 0 unspecified atom stereocenters. The minimum absolute atomic E-state index is 0.146. The molecule has 1 aromatic heterocycles. The third-order valence-electron chi connectivity index (χ3n) is 2.87. The van der Waals surface area contributed by atoms with Gasteiger partial charge in [-0.2, -0.15) is 0 Å². The lowest BCUT2D eigenvalue weighted by molar-refractivity contribution is 0.101. The molecule has 3 nitrogen and oxygen atoms in total. The first kappa shape index (κ1) is 14.2. The van der Waals surface area contributed by atoms with Crippen molar-refractivity contribution in [3.63, 3.8) is 0 Å². The quantitative estimate of drug-likeness (QED) is 0.877. The van der Waals surface area contributed by atoms with Crippen LogP contribution in [0.5, 0.6) is 0 Å². The fourth-order valence-electron chi connectivity index (χ4n) is 1.79. The third kappa shape index (κ3) is 3.19. The van der Waals surface area contributed by atoms with Crippen molar-refractivity contribution in [2.24, 2.45) is 0 Å². The molecule has 0 fully saturated rings. The molecule has 0 aliphatic rings. The van der Waals surface area contributed by atoms with E-state index in [4.69, 9.17) is 11.6 Å². The predicted octanol–water partition coefficient (Wildman–Crippen LogP) is 4.48. The summed E-state index contributed by atoms with van der Waals surface area (Å²) in [6.45, 7) is 4.66. The molecule has 1 heterocycles. The number of aryl methyl sites for hydroxylation is 2. The highest BCUT2D eigenvalue weighted by atomic mass is 79.9. The van der Waals surface area contributed by atoms with Crippen LogP contribution in [-0.2, 0) is 6.54 Å². The molecule has 0 atom stereocenters. The predicted molar refractivity (Wildman–Crippen MR) is 81.9 cm³/mol. The maximum atomic E-state index is 12.2. The average Bonchev–Trinajstić information content (AvgIpc) is 2.75. The number of hydrogen-bond donors (Lipinski definition) is 1. The van der Waals surface area contributed by atoms with Gasteiger partial charge in [-0.1, -0.05) is 17.7 Å². The number of carbonyl (C=O) groups excluding carboxylic acids is 1. The first-order valence-corrected chi connectivity index (χ1v) is 7.11. The molecule has 1 aromatic carbocycles. The van der Waals surface area contributed by atoms with E-state index in [0.717, 1.165) is 16.6 Å². The standard InChI is InChI=1S/C14H14BrClN2O/c1-3-18-8-10(15)6-13(18)14(19)17-11-5-4-9(2)12(16)7-11/h4-8H,3H2,1-2H3,(H,17,19). The summed E-state index contributed by atoms with van der Waals surface area (Å²) in [7, 11) is 0. The molecule has 0 aliphatic carbocycles. The maximum absolute atomic E-state index is 12.2. The highest BCUT2D eigenvalue weighted by molar-refractivity contribution is 9.10. The Hall–Kier alpha value is -1.26. The van der Waals surface area contributed by atoms with Gasteiger partial charge < -0.3 is 9.88 Å². The Labute approximate surface area is 125 Å². The smallest absolute Gasteiger partial charge is 0.272 e. The van der Waals surface area contributed by atoms with Gasteiger partial charge >= 0.3 is 0 Å². The Morgan fingerprint density at radius 2 is 2.16 bits per heavy atom. The molecule has 0 spiro atoms. The second kappa shape index (κ2) is 5.80. The monoisotopic (exact) mass is 340 g/mol. The number of hydrogen-bond acceptors (Lipinski definition) is 1. The molecule has 2 aromatic rings. The summed E-state index contributed by atoms with van der Waals surface area (Å²) in [5, 5.41) is 3.49.